The van der Waals surface area contributed by atoms with Crippen LogP contribution in [0.15, 0.2) is 30.3 Å². The summed E-state index contributed by atoms with van der Waals surface area (Å²) in [6, 6.07) is 17.0. The molecule has 7 nitrogen and oxygen atoms in total. The average Bonchev–Trinajstić information content (AvgIpc) is 3.62. The van der Waals surface area contributed by atoms with Crippen LogP contribution in [0.4, 0.5) is 0 Å². The van der Waals surface area contributed by atoms with Crippen molar-refractivity contribution in [1.29, 1.82) is 15.8 Å². The Balaban J connectivity index is 2.03. The first-order valence-electron chi connectivity index (χ1n) is 11.0. The fourth-order valence-corrected chi connectivity index (χ4v) is 3.39. The van der Waals surface area contributed by atoms with Gasteiger partial charge in [0, 0.05) is 19.0 Å². The number of unbranched alkanes of at least 4 members (excludes halogenated alkanes) is 2. The summed E-state index contributed by atoms with van der Waals surface area (Å²) in [5.74, 6) is 0. The van der Waals surface area contributed by atoms with Crippen LogP contribution in [0.3, 0.4) is 0 Å². The summed E-state index contributed by atoms with van der Waals surface area (Å²) in [7, 11) is 0. The fourth-order valence-electron chi connectivity index (χ4n) is 3.39. The molecule has 4 unspecified atom stereocenters. The Hall–Kier alpha value is -2.47. The maximum Gasteiger partial charge on any atom is 0.107 e. The molecule has 4 atom stereocenters. The molecule has 0 aromatic heterocycles. The lowest BCUT2D eigenvalue weighted by Gasteiger charge is -2.29. The molecule has 1 N–H and O–H groups in total. The van der Waals surface area contributed by atoms with Crippen molar-refractivity contribution < 1.29 is 14.2 Å². The van der Waals surface area contributed by atoms with Gasteiger partial charge in [-0.25, -0.2) is 0 Å². The van der Waals surface area contributed by atoms with Gasteiger partial charge >= 0.3 is 0 Å². The zero-order valence-electron chi connectivity index (χ0n) is 18.0. The SMILES string of the molecule is N#CCCCCC(OCCC#N)C(COC(CC1CN1)c1ccccc1)OCCC#N. The molecular weight excluding hydrogens is 392 g/mol. The molecule has 1 aromatic carbocycles. The third-order valence-corrected chi connectivity index (χ3v) is 5.16. The van der Waals surface area contributed by atoms with Crippen LogP contribution >= 0.6 is 0 Å². The molecule has 1 aliphatic heterocycles. The highest BCUT2D eigenvalue weighted by atomic mass is 16.6. The molecule has 0 spiro atoms. The normalized spacial score (nSPS) is 17.6. The maximum atomic E-state index is 8.90. The van der Waals surface area contributed by atoms with E-state index in [1.165, 1.54) is 0 Å². The van der Waals surface area contributed by atoms with Crippen molar-refractivity contribution in [3.05, 3.63) is 35.9 Å². The van der Waals surface area contributed by atoms with Gasteiger partial charge in [-0.15, -0.1) is 0 Å². The standard InChI is InChI=1S/C24H32N4O3/c25-12-6-2-5-11-22(29-15-7-13-26)24(30-16-8-14-27)19-31-23(17-21-18-28-21)20-9-3-1-4-10-20/h1,3-4,9-10,21-24,28H,2,5-8,11,15-19H2. The van der Waals surface area contributed by atoms with Crippen molar-refractivity contribution in [2.75, 3.05) is 26.4 Å². The first-order valence-corrected chi connectivity index (χ1v) is 11.0. The van der Waals surface area contributed by atoms with E-state index in [4.69, 9.17) is 30.0 Å². The Morgan fingerprint density at radius 2 is 1.52 bits per heavy atom. The average molecular weight is 425 g/mol. The second-order valence-electron chi connectivity index (χ2n) is 7.61. The zero-order chi connectivity index (χ0) is 22.2. The highest BCUT2D eigenvalue weighted by Gasteiger charge is 2.29. The summed E-state index contributed by atoms with van der Waals surface area (Å²) >= 11 is 0. The molecule has 0 amide bonds. The van der Waals surface area contributed by atoms with Crippen molar-refractivity contribution in [1.82, 2.24) is 5.32 Å². The highest BCUT2D eigenvalue weighted by molar-refractivity contribution is 5.18. The molecule has 31 heavy (non-hydrogen) atoms. The first kappa shape index (κ1) is 24.8. The van der Waals surface area contributed by atoms with E-state index >= 15 is 0 Å². The van der Waals surface area contributed by atoms with Gasteiger partial charge in [0.2, 0.25) is 0 Å². The second-order valence-corrected chi connectivity index (χ2v) is 7.61. The third kappa shape index (κ3) is 10.4. The summed E-state index contributed by atoms with van der Waals surface area (Å²) < 4.78 is 18.3. The Morgan fingerprint density at radius 3 is 2.13 bits per heavy atom. The van der Waals surface area contributed by atoms with E-state index in [0.717, 1.165) is 31.4 Å². The molecule has 0 aliphatic carbocycles. The number of rotatable bonds is 17. The quantitative estimate of drug-likeness (QED) is 0.298. The lowest BCUT2D eigenvalue weighted by molar-refractivity contribution is -0.118. The van der Waals surface area contributed by atoms with E-state index in [2.05, 4.69) is 35.7 Å². The van der Waals surface area contributed by atoms with E-state index in [-0.39, 0.29) is 18.3 Å². The minimum Gasteiger partial charge on any atom is -0.374 e. The maximum absolute atomic E-state index is 8.90. The van der Waals surface area contributed by atoms with Crippen molar-refractivity contribution in [3.63, 3.8) is 0 Å². The molecular formula is C24H32N4O3. The lowest BCUT2D eigenvalue weighted by Crippen LogP contribution is -2.37. The van der Waals surface area contributed by atoms with Gasteiger partial charge in [-0.3, -0.25) is 0 Å². The molecule has 1 fully saturated rings. The summed E-state index contributed by atoms with van der Waals surface area (Å²) in [6.07, 6.45) is 3.69. The van der Waals surface area contributed by atoms with Crippen LogP contribution in [0.5, 0.6) is 0 Å². The number of nitrogens with one attached hydrogen (secondary N) is 1. The summed E-state index contributed by atoms with van der Waals surface area (Å²) in [5.41, 5.74) is 1.13. The number of nitriles is 3. The van der Waals surface area contributed by atoms with E-state index in [1.807, 2.05) is 18.2 Å². The van der Waals surface area contributed by atoms with Crippen LogP contribution in [0.1, 0.15) is 56.6 Å². The van der Waals surface area contributed by atoms with Gasteiger partial charge in [0.05, 0.1) is 63.1 Å². The van der Waals surface area contributed by atoms with Crippen molar-refractivity contribution in [3.8, 4) is 18.2 Å². The first-order chi connectivity index (χ1) is 15.3. The molecule has 0 bridgehead atoms. The minimum atomic E-state index is -0.340. The van der Waals surface area contributed by atoms with E-state index < -0.39 is 0 Å². The number of ether oxygens (including phenoxy) is 3. The molecule has 1 aliphatic rings. The van der Waals surface area contributed by atoms with Crippen LogP contribution in [0, 0.1) is 34.0 Å². The zero-order valence-corrected chi connectivity index (χ0v) is 18.0. The van der Waals surface area contributed by atoms with Crippen LogP contribution in [-0.2, 0) is 14.2 Å². The number of hydrogen-bond donors (Lipinski definition) is 1. The van der Waals surface area contributed by atoms with Gasteiger partial charge in [0.15, 0.2) is 0 Å². The molecule has 0 saturated carbocycles. The molecule has 1 aromatic rings. The number of hydrogen-bond acceptors (Lipinski definition) is 7. The Bertz CT molecular complexity index is 734. The van der Waals surface area contributed by atoms with Gasteiger partial charge in [-0.2, -0.15) is 15.8 Å². The van der Waals surface area contributed by atoms with Crippen LogP contribution < -0.4 is 5.32 Å². The summed E-state index contributed by atoms with van der Waals surface area (Å²) in [6.45, 7) is 1.98. The second kappa shape index (κ2) is 15.3. The van der Waals surface area contributed by atoms with Crippen molar-refractivity contribution >= 4 is 0 Å². The monoisotopic (exact) mass is 424 g/mol. The molecule has 1 heterocycles. The van der Waals surface area contributed by atoms with Crippen LogP contribution in [-0.4, -0.2) is 44.6 Å². The minimum absolute atomic E-state index is 0.0541. The van der Waals surface area contributed by atoms with Gasteiger partial charge < -0.3 is 19.5 Å². The fraction of sp³-hybridized carbons (Fsp3) is 0.625. The largest absolute Gasteiger partial charge is 0.374 e. The van der Waals surface area contributed by atoms with Crippen molar-refractivity contribution in [2.45, 2.75) is 69.3 Å². The van der Waals surface area contributed by atoms with Gasteiger partial charge in [0.1, 0.15) is 6.10 Å². The third-order valence-electron chi connectivity index (χ3n) is 5.16. The summed E-state index contributed by atoms with van der Waals surface area (Å²) in [5, 5.41) is 29.9. The van der Waals surface area contributed by atoms with Crippen molar-refractivity contribution in [2.24, 2.45) is 0 Å². The summed E-state index contributed by atoms with van der Waals surface area (Å²) in [4.78, 5) is 0. The lowest BCUT2D eigenvalue weighted by atomic mass is 10.0. The Kier molecular flexibility index (Phi) is 12.3. The van der Waals surface area contributed by atoms with Crippen LogP contribution in [0.25, 0.3) is 0 Å². The van der Waals surface area contributed by atoms with E-state index in [9.17, 15) is 0 Å². The smallest absolute Gasteiger partial charge is 0.107 e. The van der Waals surface area contributed by atoms with Gasteiger partial charge in [-0.1, -0.05) is 30.3 Å². The molecule has 166 valence electrons. The number of nitrogens with zero attached hydrogens (tertiary/aromatic N) is 3. The molecule has 7 heteroatoms. The molecule has 0 radical (unpaired) electrons. The highest BCUT2D eigenvalue weighted by Crippen LogP contribution is 2.26. The van der Waals surface area contributed by atoms with E-state index in [0.29, 0.717) is 51.5 Å². The number of benzene rings is 1. The van der Waals surface area contributed by atoms with E-state index in [1.54, 1.807) is 0 Å². The Labute approximate surface area is 185 Å². The Morgan fingerprint density at radius 1 is 0.871 bits per heavy atom. The predicted octanol–water partition coefficient (Wildman–Crippen LogP) is 3.79. The molecule has 1 saturated heterocycles. The predicted molar refractivity (Wildman–Crippen MR) is 116 cm³/mol. The topological polar surface area (TPSA) is 121 Å². The molecule has 2 rings (SSSR count). The van der Waals surface area contributed by atoms with Gasteiger partial charge in [-0.05, 0) is 31.2 Å². The van der Waals surface area contributed by atoms with Crippen LogP contribution in [0.2, 0.25) is 0 Å². The van der Waals surface area contributed by atoms with Gasteiger partial charge in [0.25, 0.3) is 0 Å².